The fourth-order valence-corrected chi connectivity index (χ4v) is 1.78. The Morgan fingerprint density at radius 1 is 1.20 bits per heavy atom. The van der Waals surface area contributed by atoms with Gasteiger partial charge < -0.3 is 15.4 Å². The van der Waals surface area contributed by atoms with E-state index >= 15 is 0 Å². The standard InChI is InChI=1S/C16H27N3O/c1-12(2)13(3)19-16(17-4)18-10-14-8-6-7-9-15(14)11-20-5/h6-9,12-13H,10-11H2,1-5H3,(H2,17,18,19). The van der Waals surface area contributed by atoms with E-state index in [0.29, 0.717) is 18.6 Å². The van der Waals surface area contributed by atoms with Crippen LogP contribution in [0.2, 0.25) is 0 Å². The first-order valence-electron chi connectivity index (χ1n) is 7.11. The van der Waals surface area contributed by atoms with Crippen LogP contribution in [-0.4, -0.2) is 26.2 Å². The van der Waals surface area contributed by atoms with Crippen LogP contribution in [0.4, 0.5) is 0 Å². The van der Waals surface area contributed by atoms with Crippen LogP contribution in [0.1, 0.15) is 31.9 Å². The Balaban J connectivity index is 2.61. The van der Waals surface area contributed by atoms with E-state index in [2.05, 4.69) is 48.5 Å². The van der Waals surface area contributed by atoms with Gasteiger partial charge in [0.15, 0.2) is 5.96 Å². The molecule has 4 nitrogen and oxygen atoms in total. The number of nitrogens with one attached hydrogen (secondary N) is 2. The van der Waals surface area contributed by atoms with E-state index in [9.17, 15) is 0 Å². The second-order valence-electron chi connectivity index (χ2n) is 5.30. The number of hydrogen-bond donors (Lipinski definition) is 2. The molecule has 0 fully saturated rings. The summed E-state index contributed by atoms with van der Waals surface area (Å²) in [6, 6.07) is 8.67. The molecule has 0 amide bonds. The molecule has 112 valence electrons. The molecule has 1 rings (SSSR count). The van der Waals surface area contributed by atoms with Gasteiger partial charge in [-0.05, 0) is 24.0 Å². The van der Waals surface area contributed by atoms with Crippen LogP contribution in [-0.2, 0) is 17.9 Å². The van der Waals surface area contributed by atoms with E-state index in [0.717, 1.165) is 12.5 Å². The number of methoxy groups -OCH3 is 1. The smallest absolute Gasteiger partial charge is 0.191 e. The Bertz CT molecular complexity index is 429. The zero-order valence-electron chi connectivity index (χ0n) is 13.2. The first kappa shape index (κ1) is 16.5. The topological polar surface area (TPSA) is 45.7 Å². The molecule has 2 N–H and O–H groups in total. The molecule has 0 aromatic heterocycles. The molecule has 0 radical (unpaired) electrons. The van der Waals surface area contributed by atoms with Crippen molar-refractivity contribution in [3.05, 3.63) is 35.4 Å². The minimum Gasteiger partial charge on any atom is -0.380 e. The molecule has 0 heterocycles. The first-order chi connectivity index (χ1) is 9.58. The van der Waals surface area contributed by atoms with Crippen molar-refractivity contribution in [2.24, 2.45) is 10.9 Å². The van der Waals surface area contributed by atoms with Crippen LogP contribution >= 0.6 is 0 Å². The fraction of sp³-hybridized carbons (Fsp3) is 0.562. The quantitative estimate of drug-likeness (QED) is 0.620. The van der Waals surface area contributed by atoms with Crippen molar-refractivity contribution in [1.82, 2.24) is 10.6 Å². The van der Waals surface area contributed by atoms with Crippen LogP contribution < -0.4 is 10.6 Å². The lowest BCUT2D eigenvalue weighted by Crippen LogP contribution is -2.44. The largest absolute Gasteiger partial charge is 0.380 e. The van der Waals surface area contributed by atoms with Crippen molar-refractivity contribution in [2.45, 2.75) is 40.0 Å². The molecule has 0 saturated heterocycles. The van der Waals surface area contributed by atoms with Crippen LogP contribution in [0.5, 0.6) is 0 Å². The van der Waals surface area contributed by atoms with E-state index in [1.54, 1.807) is 14.2 Å². The van der Waals surface area contributed by atoms with Crippen LogP contribution in [0.15, 0.2) is 29.3 Å². The third-order valence-corrected chi connectivity index (χ3v) is 3.45. The summed E-state index contributed by atoms with van der Waals surface area (Å²) in [5.74, 6) is 1.40. The van der Waals surface area contributed by atoms with Gasteiger partial charge in [-0.25, -0.2) is 0 Å². The van der Waals surface area contributed by atoms with Gasteiger partial charge >= 0.3 is 0 Å². The number of guanidine groups is 1. The summed E-state index contributed by atoms with van der Waals surface area (Å²) in [4.78, 5) is 4.26. The maximum Gasteiger partial charge on any atom is 0.191 e. The number of rotatable bonds is 6. The average molecular weight is 277 g/mol. The van der Waals surface area contributed by atoms with E-state index in [-0.39, 0.29) is 0 Å². The Labute approximate surface area is 122 Å². The van der Waals surface area contributed by atoms with E-state index in [1.165, 1.54) is 11.1 Å². The Morgan fingerprint density at radius 2 is 1.85 bits per heavy atom. The van der Waals surface area contributed by atoms with Gasteiger partial charge in [0.25, 0.3) is 0 Å². The fourth-order valence-electron chi connectivity index (χ4n) is 1.78. The summed E-state index contributed by atoms with van der Waals surface area (Å²) < 4.78 is 5.22. The molecule has 4 heteroatoms. The number of aliphatic imine (C=N–C) groups is 1. The first-order valence-corrected chi connectivity index (χ1v) is 7.11. The molecule has 20 heavy (non-hydrogen) atoms. The lowest BCUT2D eigenvalue weighted by Gasteiger charge is -2.21. The summed E-state index contributed by atoms with van der Waals surface area (Å²) in [6.45, 7) is 7.92. The number of hydrogen-bond acceptors (Lipinski definition) is 2. The molecule has 1 aromatic rings. The number of ether oxygens (including phenoxy) is 1. The van der Waals surface area contributed by atoms with Crippen molar-refractivity contribution in [1.29, 1.82) is 0 Å². The number of nitrogens with zero attached hydrogens (tertiary/aromatic N) is 1. The minimum absolute atomic E-state index is 0.385. The van der Waals surface area contributed by atoms with Crippen molar-refractivity contribution in [3.8, 4) is 0 Å². The lowest BCUT2D eigenvalue weighted by atomic mass is 10.1. The highest BCUT2D eigenvalue weighted by Crippen LogP contribution is 2.09. The monoisotopic (exact) mass is 277 g/mol. The zero-order valence-corrected chi connectivity index (χ0v) is 13.2. The average Bonchev–Trinajstić information content (AvgIpc) is 2.44. The van der Waals surface area contributed by atoms with Gasteiger partial charge in [0.1, 0.15) is 0 Å². The summed E-state index contributed by atoms with van der Waals surface area (Å²) >= 11 is 0. The van der Waals surface area contributed by atoms with Gasteiger partial charge in [-0.1, -0.05) is 38.1 Å². The van der Waals surface area contributed by atoms with Gasteiger partial charge in [-0.3, -0.25) is 4.99 Å². The highest BCUT2D eigenvalue weighted by Gasteiger charge is 2.09. The van der Waals surface area contributed by atoms with Gasteiger partial charge in [0.05, 0.1) is 6.61 Å². The minimum atomic E-state index is 0.385. The Kier molecular flexibility index (Phi) is 7.09. The molecule has 0 aliphatic rings. The summed E-state index contributed by atoms with van der Waals surface area (Å²) in [5, 5.41) is 6.75. The normalized spacial score (nSPS) is 13.4. The van der Waals surface area contributed by atoms with Gasteiger partial charge in [0, 0.05) is 26.7 Å². The summed E-state index contributed by atoms with van der Waals surface area (Å²) in [5.41, 5.74) is 2.43. The maximum atomic E-state index is 5.22. The molecule has 0 spiro atoms. The summed E-state index contributed by atoms with van der Waals surface area (Å²) in [7, 11) is 3.51. The van der Waals surface area contributed by atoms with Gasteiger partial charge in [0.2, 0.25) is 0 Å². The van der Waals surface area contributed by atoms with Crippen molar-refractivity contribution in [2.75, 3.05) is 14.2 Å². The van der Waals surface area contributed by atoms with Crippen LogP contribution in [0.25, 0.3) is 0 Å². The zero-order chi connectivity index (χ0) is 15.0. The highest BCUT2D eigenvalue weighted by molar-refractivity contribution is 5.79. The van der Waals surface area contributed by atoms with Crippen LogP contribution in [0.3, 0.4) is 0 Å². The van der Waals surface area contributed by atoms with Gasteiger partial charge in [-0.15, -0.1) is 0 Å². The molecular weight excluding hydrogens is 250 g/mol. The Hall–Kier alpha value is -1.55. The maximum absolute atomic E-state index is 5.22. The SMILES string of the molecule is CN=C(NCc1ccccc1COC)NC(C)C(C)C. The Morgan fingerprint density at radius 3 is 2.40 bits per heavy atom. The predicted octanol–water partition coefficient (Wildman–Crippen LogP) is 2.54. The number of benzene rings is 1. The third kappa shape index (κ3) is 5.21. The molecule has 0 aliphatic carbocycles. The van der Waals surface area contributed by atoms with Gasteiger partial charge in [-0.2, -0.15) is 0 Å². The third-order valence-electron chi connectivity index (χ3n) is 3.45. The van der Waals surface area contributed by atoms with Crippen molar-refractivity contribution in [3.63, 3.8) is 0 Å². The van der Waals surface area contributed by atoms with Crippen molar-refractivity contribution >= 4 is 5.96 Å². The molecule has 1 aromatic carbocycles. The molecule has 1 unspecified atom stereocenters. The van der Waals surface area contributed by atoms with Crippen LogP contribution in [0, 0.1) is 5.92 Å². The van der Waals surface area contributed by atoms with E-state index < -0.39 is 0 Å². The summed E-state index contributed by atoms with van der Waals surface area (Å²) in [6.07, 6.45) is 0. The van der Waals surface area contributed by atoms with E-state index in [1.807, 2.05) is 12.1 Å². The second-order valence-corrected chi connectivity index (χ2v) is 5.30. The lowest BCUT2D eigenvalue weighted by molar-refractivity contribution is 0.184. The molecule has 0 aliphatic heterocycles. The highest BCUT2D eigenvalue weighted by atomic mass is 16.5. The predicted molar refractivity (Wildman–Crippen MR) is 84.8 cm³/mol. The van der Waals surface area contributed by atoms with E-state index in [4.69, 9.17) is 4.74 Å². The molecule has 1 atom stereocenters. The molecular formula is C16H27N3O. The second kappa shape index (κ2) is 8.59. The molecule has 0 bridgehead atoms. The van der Waals surface area contributed by atoms with Crippen molar-refractivity contribution < 1.29 is 4.74 Å². The molecule has 0 saturated carbocycles.